The van der Waals surface area contributed by atoms with Crippen molar-refractivity contribution in [3.8, 4) is 0 Å². The number of benzene rings is 1. The molecule has 0 atom stereocenters. The van der Waals surface area contributed by atoms with Crippen molar-refractivity contribution in [1.29, 1.82) is 0 Å². The van der Waals surface area contributed by atoms with Crippen LogP contribution < -0.4 is 0 Å². The first-order valence-electron chi connectivity index (χ1n) is 7.14. The molecule has 3 aromatic rings. The molecule has 0 saturated carbocycles. The first-order valence-corrected chi connectivity index (χ1v) is 7.52. The third-order valence-corrected chi connectivity index (χ3v) is 4.05. The molecule has 118 valence electrons. The van der Waals surface area contributed by atoms with Crippen LogP contribution in [0.15, 0.2) is 24.3 Å². The standard InChI is InChI=1S/C16H19ClN4.ClH/c1-11-14-15(17)12-7-4-5-8-13(12)18-16(14)21(19-11)10-6-9-20(2)3;/h4-5,7-8H,6,9-10H2,1-3H3;1H. The molecule has 3 rings (SSSR count). The second kappa shape index (κ2) is 6.82. The van der Waals surface area contributed by atoms with Crippen LogP contribution in [-0.2, 0) is 6.54 Å². The van der Waals surface area contributed by atoms with Gasteiger partial charge in [0.1, 0.15) is 0 Å². The number of aryl methyl sites for hydroxylation is 2. The highest BCUT2D eigenvalue weighted by molar-refractivity contribution is 6.40. The third-order valence-electron chi connectivity index (χ3n) is 3.66. The van der Waals surface area contributed by atoms with Gasteiger partial charge in [-0.05, 0) is 40.1 Å². The van der Waals surface area contributed by atoms with Gasteiger partial charge in [0.05, 0.1) is 21.6 Å². The van der Waals surface area contributed by atoms with Gasteiger partial charge in [0, 0.05) is 11.9 Å². The molecule has 1 aromatic carbocycles. The minimum absolute atomic E-state index is 0. The second-order valence-electron chi connectivity index (χ2n) is 5.61. The molecule has 0 aliphatic heterocycles. The van der Waals surface area contributed by atoms with Crippen LogP contribution in [0.3, 0.4) is 0 Å². The largest absolute Gasteiger partial charge is 0.309 e. The van der Waals surface area contributed by atoms with Crippen molar-refractivity contribution in [2.75, 3.05) is 20.6 Å². The lowest BCUT2D eigenvalue weighted by Crippen LogP contribution is -2.15. The fraction of sp³-hybridized carbons (Fsp3) is 0.375. The Hall–Kier alpha value is -1.36. The quantitative estimate of drug-likeness (QED) is 0.722. The topological polar surface area (TPSA) is 34.0 Å². The molecular formula is C16H20Cl2N4. The molecule has 0 aliphatic carbocycles. The monoisotopic (exact) mass is 338 g/mol. The Labute approximate surface area is 141 Å². The van der Waals surface area contributed by atoms with Crippen LogP contribution in [0.5, 0.6) is 0 Å². The van der Waals surface area contributed by atoms with Gasteiger partial charge in [-0.25, -0.2) is 9.67 Å². The van der Waals surface area contributed by atoms with Gasteiger partial charge in [-0.3, -0.25) is 0 Å². The zero-order valence-electron chi connectivity index (χ0n) is 13.0. The highest BCUT2D eigenvalue weighted by Gasteiger charge is 2.15. The van der Waals surface area contributed by atoms with E-state index in [0.29, 0.717) is 0 Å². The Morgan fingerprint density at radius 2 is 1.95 bits per heavy atom. The Bertz CT molecular complexity index is 796. The molecule has 0 amide bonds. The summed E-state index contributed by atoms with van der Waals surface area (Å²) in [5, 5.41) is 7.34. The molecule has 0 aliphatic rings. The lowest BCUT2D eigenvalue weighted by atomic mass is 10.1. The van der Waals surface area contributed by atoms with Crippen molar-refractivity contribution < 1.29 is 0 Å². The molecule has 0 unspecified atom stereocenters. The maximum Gasteiger partial charge on any atom is 0.160 e. The number of para-hydroxylation sites is 1. The SMILES string of the molecule is Cc1nn(CCCN(C)C)c2nc3ccccc3c(Cl)c12.Cl. The molecule has 0 N–H and O–H groups in total. The maximum absolute atomic E-state index is 6.58. The van der Waals surface area contributed by atoms with Crippen molar-refractivity contribution in [2.24, 2.45) is 0 Å². The van der Waals surface area contributed by atoms with E-state index < -0.39 is 0 Å². The smallest absolute Gasteiger partial charge is 0.160 e. The molecule has 22 heavy (non-hydrogen) atoms. The predicted molar refractivity (Wildman–Crippen MR) is 95.2 cm³/mol. The summed E-state index contributed by atoms with van der Waals surface area (Å²) in [6.07, 6.45) is 1.04. The number of rotatable bonds is 4. The fourth-order valence-corrected chi connectivity index (χ4v) is 3.02. The molecule has 0 spiro atoms. The minimum Gasteiger partial charge on any atom is -0.309 e. The Kier molecular flexibility index (Phi) is 5.27. The summed E-state index contributed by atoms with van der Waals surface area (Å²) < 4.78 is 1.98. The van der Waals surface area contributed by atoms with E-state index in [1.165, 1.54) is 0 Å². The zero-order chi connectivity index (χ0) is 15.0. The average molecular weight is 339 g/mol. The molecule has 0 radical (unpaired) electrons. The van der Waals surface area contributed by atoms with Crippen molar-refractivity contribution >= 4 is 45.9 Å². The third kappa shape index (κ3) is 3.05. The molecule has 2 aromatic heterocycles. The van der Waals surface area contributed by atoms with Crippen molar-refractivity contribution in [1.82, 2.24) is 19.7 Å². The number of nitrogens with zero attached hydrogens (tertiary/aromatic N) is 4. The Balaban J connectivity index is 0.00000176. The number of pyridine rings is 1. The minimum atomic E-state index is 0. The van der Waals surface area contributed by atoms with Gasteiger partial charge in [0.25, 0.3) is 0 Å². The summed E-state index contributed by atoms with van der Waals surface area (Å²) in [6.45, 7) is 3.87. The molecule has 0 saturated heterocycles. The van der Waals surface area contributed by atoms with Gasteiger partial charge in [-0.15, -0.1) is 12.4 Å². The van der Waals surface area contributed by atoms with E-state index in [4.69, 9.17) is 16.6 Å². The highest BCUT2D eigenvalue weighted by Crippen LogP contribution is 2.32. The van der Waals surface area contributed by atoms with Crippen molar-refractivity contribution in [3.63, 3.8) is 0 Å². The zero-order valence-corrected chi connectivity index (χ0v) is 14.6. The first-order chi connectivity index (χ1) is 10.1. The van der Waals surface area contributed by atoms with E-state index in [0.717, 1.165) is 52.2 Å². The number of hydrogen-bond acceptors (Lipinski definition) is 3. The van der Waals surface area contributed by atoms with Crippen molar-refractivity contribution in [2.45, 2.75) is 19.9 Å². The number of hydrogen-bond donors (Lipinski definition) is 0. The summed E-state index contributed by atoms with van der Waals surface area (Å²) in [5.74, 6) is 0. The second-order valence-corrected chi connectivity index (χ2v) is 5.98. The van der Waals surface area contributed by atoms with E-state index in [2.05, 4.69) is 24.1 Å². The average Bonchev–Trinajstić information content (AvgIpc) is 2.75. The van der Waals surface area contributed by atoms with Crippen LogP contribution in [0.25, 0.3) is 21.9 Å². The number of aromatic nitrogens is 3. The van der Waals surface area contributed by atoms with Gasteiger partial charge in [-0.2, -0.15) is 5.10 Å². The highest BCUT2D eigenvalue weighted by atomic mass is 35.5. The van der Waals surface area contributed by atoms with Gasteiger partial charge in [0.15, 0.2) is 5.65 Å². The van der Waals surface area contributed by atoms with E-state index in [1.54, 1.807) is 0 Å². The van der Waals surface area contributed by atoms with Crippen LogP contribution in [0.2, 0.25) is 5.02 Å². The van der Waals surface area contributed by atoms with Crippen LogP contribution in [0.4, 0.5) is 0 Å². The van der Waals surface area contributed by atoms with Gasteiger partial charge in [-0.1, -0.05) is 29.8 Å². The Morgan fingerprint density at radius 1 is 1.23 bits per heavy atom. The summed E-state index contributed by atoms with van der Waals surface area (Å²) in [5.41, 5.74) is 2.75. The molecular weight excluding hydrogens is 319 g/mol. The van der Waals surface area contributed by atoms with Crippen LogP contribution in [0.1, 0.15) is 12.1 Å². The van der Waals surface area contributed by atoms with Crippen LogP contribution in [0, 0.1) is 6.92 Å². The lowest BCUT2D eigenvalue weighted by molar-refractivity contribution is 0.382. The summed E-state index contributed by atoms with van der Waals surface area (Å²) in [7, 11) is 4.16. The van der Waals surface area contributed by atoms with Gasteiger partial charge < -0.3 is 4.90 Å². The van der Waals surface area contributed by atoms with Crippen LogP contribution in [-0.4, -0.2) is 40.3 Å². The summed E-state index contributed by atoms with van der Waals surface area (Å²) in [4.78, 5) is 6.93. The molecule has 6 heteroatoms. The van der Waals surface area contributed by atoms with E-state index in [1.807, 2.05) is 35.9 Å². The molecule has 4 nitrogen and oxygen atoms in total. The van der Waals surface area contributed by atoms with E-state index in [9.17, 15) is 0 Å². The number of fused-ring (bicyclic) bond motifs is 2. The fourth-order valence-electron chi connectivity index (χ4n) is 2.64. The van der Waals surface area contributed by atoms with Gasteiger partial charge >= 0.3 is 0 Å². The summed E-state index contributed by atoms with van der Waals surface area (Å²) >= 11 is 6.58. The normalized spacial score (nSPS) is 11.3. The molecule has 0 bridgehead atoms. The van der Waals surface area contributed by atoms with E-state index >= 15 is 0 Å². The Morgan fingerprint density at radius 3 is 2.68 bits per heavy atom. The summed E-state index contributed by atoms with van der Waals surface area (Å²) in [6, 6.07) is 7.97. The molecule has 0 fully saturated rings. The lowest BCUT2D eigenvalue weighted by Gasteiger charge is -2.09. The first kappa shape index (κ1) is 17.0. The predicted octanol–water partition coefficient (Wildman–Crippen LogP) is 3.92. The van der Waals surface area contributed by atoms with Gasteiger partial charge in [0.2, 0.25) is 0 Å². The number of halogens is 2. The molecule has 2 heterocycles. The van der Waals surface area contributed by atoms with Crippen LogP contribution >= 0.6 is 24.0 Å². The maximum atomic E-state index is 6.58. The van der Waals surface area contributed by atoms with Crippen molar-refractivity contribution in [3.05, 3.63) is 35.0 Å². The van der Waals surface area contributed by atoms with E-state index in [-0.39, 0.29) is 12.4 Å².